The Bertz CT molecular complexity index is 1270. The third kappa shape index (κ3) is 3.80. The van der Waals surface area contributed by atoms with Gasteiger partial charge in [-0.3, -0.25) is 0 Å². The number of rotatable bonds is 5. The molecule has 0 amide bonds. The first kappa shape index (κ1) is 19.8. The molecule has 2 heterocycles. The van der Waals surface area contributed by atoms with Gasteiger partial charge in [0.1, 0.15) is 17.8 Å². The van der Waals surface area contributed by atoms with Gasteiger partial charge in [-0.05, 0) is 55.7 Å². The highest BCUT2D eigenvalue weighted by Gasteiger charge is 2.41. The Labute approximate surface area is 192 Å². The predicted molar refractivity (Wildman–Crippen MR) is 122 cm³/mol. The van der Waals surface area contributed by atoms with Gasteiger partial charge in [-0.1, -0.05) is 51.3 Å². The predicted octanol–water partition coefficient (Wildman–Crippen LogP) is 6.54. The Balaban J connectivity index is 1.71. The number of fused-ring (bicyclic) bond motifs is 1. The van der Waals surface area contributed by atoms with Gasteiger partial charge in [0.05, 0.1) is 11.6 Å². The van der Waals surface area contributed by atoms with Crippen molar-refractivity contribution in [1.29, 1.82) is 0 Å². The van der Waals surface area contributed by atoms with Crippen LogP contribution < -0.4 is 4.74 Å². The second-order valence-corrected chi connectivity index (χ2v) is 9.44. The quantitative estimate of drug-likeness (QED) is 0.310. The third-order valence-corrected chi connectivity index (χ3v) is 6.24. The molecular formula is C22H17BrCl2N4O. The van der Waals surface area contributed by atoms with E-state index < -0.39 is 0 Å². The van der Waals surface area contributed by atoms with E-state index in [0.717, 1.165) is 28.4 Å². The summed E-state index contributed by atoms with van der Waals surface area (Å²) in [5.74, 6) is 1.20. The highest BCUT2D eigenvalue weighted by Crippen LogP contribution is 2.41. The molecule has 1 fully saturated rings. The molecule has 8 heteroatoms. The summed E-state index contributed by atoms with van der Waals surface area (Å²) in [6.45, 7) is 2.61. The van der Waals surface area contributed by atoms with Crippen molar-refractivity contribution in [2.45, 2.75) is 31.9 Å². The van der Waals surface area contributed by atoms with E-state index >= 15 is 0 Å². The van der Waals surface area contributed by atoms with Crippen LogP contribution in [0.4, 0.5) is 0 Å². The summed E-state index contributed by atoms with van der Waals surface area (Å²) in [5.41, 5.74) is 2.99. The molecule has 4 aromatic rings. The first-order valence-corrected chi connectivity index (χ1v) is 11.1. The molecule has 0 unspecified atom stereocenters. The number of benzene rings is 2. The average molecular weight is 504 g/mol. The summed E-state index contributed by atoms with van der Waals surface area (Å²) in [6.07, 6.45) is 3.53. The SMILES string of the molecule is CC1(Oc2ncnc3c2nc(-c2ccc(Br)cc2Cl)n3Cc2cccc(Cl)c2)CC1. The minimum absolute atomic E-state index is 0.173. The fourth-order valence-corrected chi connectivity index (χ4v) is 4.32. The molecule has 0 saturated heterocycles. The second-order valence-electron chi connectivity index (χ2n) is 7.68. The lowest BCUT2D eigenvalue weighted by atomic mass is 10.2. The summed E-state index contributed by atoms with van der Waals surface area (Å²) in [5, 5.41) is 1.28. The maximum atomic E-state index is 6.58. The Morgan fingerprint density at radius 3 is 2.70 bits per heavy atom. The summed E-state index contributed by atoms with van der Waals surface area (Å²) < 4.78 is 9.09. The van der Waals surface area contributed by atoms with Crippen LogP contribution in [0, 0.1) is 0 Å². The lowest BCUT2D eigenvalue weighted by molar-refractivity contribution is 0.194. The van der Waals surface area contributed by atoms with Crippen molar-refractivity contribution in [2.75, 3.05) is 0 Å². The molecule has 1 saturated carbocycles. The number of hydrogen-bond donors (Lipinski definition) is 0. The molecule has 0 bridgehead atoms. The van der Waals surface area contributed by atoms with Crippen molar-refractivity contribution in [3.8, 4) is 17.3 Å². The van der Waals surface area contributed by atoms with Gasteiger partial charge in [0.15, 0.2) is 11.2 Å². The van der Waals surface area contributed by atoms with Crippen molar-refractivity contribution in [3.05, 3.63) is 68.9 Å². The molecule has 5 nitrogen and oxygen atoms in total. The summed E-state index contributed by atoms with van der Waals surface area (Å²) >= 11 is 16.3. The second kappa shape index (κ2) is 7.52. The van der Waals surface area contributed by atoms with Crippen LogP contribution >= 0.6 is 39.1 Å². The molecule has 5 rings (SSSR count). The molecule has 2 aromatic carbocycles. The van der Waals surface area contributed by atoms with E-state index in [0.29, 0.717) is 39.5 Å². The molecule has 0 radical (unpaired) electrons. The molecule has 0 aliphatic heterocycles. The Kier molecular flexibility index (Phi) is 4.96. The first-order chi connectivity index (χ1) is 14.4. The molecule has 2 aromatic heterocycles. The number of aromatic nitrogens is 4. The van der Waals surface area contributed by atoms with E-state index in [1.54, 1.807) is 0 Å². The van der Waals surface area contributed by atoms with E-state index in [1.807, 2.05) is 47.0 Å². The highest BCUT2D eigenvalue weighted by molar-refractivity contribution is 9.10. The number of ether oxygens (including phenoxy) is 1. The van der Waals surface area contributed by atoms with Crippen molar-refractivity contribution in [2.24, 2.45) is 0 Å². The number of nitrogens with zero attached hydrogens (tertiary/aromatic N) is 4. The van der Waals surface area contributed by atoms with Gasteiger partial charge in [0, 0.05) is 15.1 Å². The van der Waals surface area contributed by atoms with Crippen LogP contribution in [0.1, 0.15) is 25.3 Å². The standard InChI is InChI=1S/C22H17BrCl2N4O/c1-22(7-8-22)30-21-18-20(26-12-27-21)29(11-13-3-2-4-15(24)9-13)19(28-18)16-6-5-14(23)10-17(16)25/h2-6,9-10,12H,7-8,11H2,1H3. The zero-order valence-electron chi connectivity index (χ0n) is 16.1. The lowest BCUT2D eigenvalue weighted by Gasteiger charge is -2.12. The van der Waals surface area contributed by atoms with Crippen LogP contribution in [0.3, 0.4) is 0 Å². The van der Waals surface area contributed by atoms with Crippen molar-refractivity contribution in [3.63, 3.8) is 0 Å². The fourth-order valence-electron chi connectivity index (χ4n) is 3.35. The van der Waals surface area contributed by atoms with Crippen LogP contribution in [0.5, 0.6) is 5.88 Å². The average Bonchev–Trinajstić information content (AvgIpc) is 3.31. The minimum Gasteiger partial charge on any atom is -0.470 e. The maximum absolute atomic E-state index is 6.58. The summed E-state index contributed by atoms with van der Waals surface area (Å²) in [7, 11) is 0. The zero-order chi connectivity index (χ0) is 20.9. The largest absolute Gasteiger partial charge is 0.470 e. The van der Waals surface area contributed by atoms with Crippen molar-refractivity contribution in [1.82, 2.24) is 19.5 Å². The normalized spacial score (nSPS) is 14.8. The minimum atomic E-state index is -0.173. The van der Waals surface area contributed by atoms with Crippen LogP contribution in [0.25, 0.3) is 22.6 Å². The summed E-state index contributed by atoms with van der Waals surface area (Å²) in [6, 6.07) is 13.5. The summed E-state index contributed by atoms with van der Waals surface area (Å²) in [4.78, 5) is 13.8. The lowest BCUT2D eigenvalue weighted by Crippen LogP contribution is -2.13. The molecule has 30 heavy (non-hydrogen) atoms. The van der Waals surface area contributed by atoms with Crippen molar-refractivity contribution < 1.29 is 4.74 Å². The van der Waals surface area contributed by atoms with Crippen molar-refractivity contribution >= 4 is 50.3 Å². The smallest absolute Gasteiger partial charge is 0.245 e. The molecule has 1 aliphatic carbocycles. The van der Waals surface area contributed by atoms with Gasteiger partial charge < -0.3 is 9.30 Å². The Morgan fingerprint density at radius 1 is 1.13 bits per heavy atom. The monoisotopic (exact) mass is 502 g/mol. The van der Waals surface area contributed by atoms with E-state index in [1.165, 1.54) is 6.33 Å². The molecule has 152 valence electrons. The molecule has 1 aliphatic rings. The van der Waals surface area contributed by atoms with Crippen LogP contribution in [0.2, 0.25) is 10.0 Å². The van der Waals surface area contributed by atoms with Gasteiger partial charge >= 0.3 is 0 Å². The topological polar surface area (TPSA) is 52.8 Å². The maximum Gasteiger partial charge on any atom is 0.245 e. The van der Waals surface area contributed by atoms with Gasteiger partial charge in [-0.15, -0.1) is 0 Å². The number of hydrogen-bond acceptors (Lipinski definition) is 4. The molecular weight excluding hydrogens is 487 g/mol. The fraction of sp³-hybridized carbons (Fsp3) is 0.227. The van der Waals surface area contributed by atoms with E-state index in [9.17, 15) is 0 Å². The van der Waals surface area contributed by atoms with Gasteiger partial charge in [0.25, 0.3) is 0 Å². The first-order valence-electron chi connectivity index (χ1n) is 9.52. The zero-order valence-corrected chi connectivity index (χ0v) is 19.2. The van der Waals surface area contributed by atoms with Gasteiger partial charge in [0.2, 0.25) is 5.88 Å². The molecule has 0 atom stereocenters. The van der Waals surface area contributed by atoms with Crippen LogP contribution in [-0.2, 0) is 6.54 Å². The van der Waals surface area contributed by atoms with Crippen LogP contribution in [-0.4, -0.2) is 25.1 Å². The molecule has 0 spiro atoms. The molecule has 0 N–H and O–H groups in total. The van der Waals surface area contributed by atoms with Gasteiger partial charge in [-0.25, -0.2) is 9.97 Å². The number of imidazole rings is 1. The van der Waals surface area contributed by atoms with Gasteiger partial charge in [-0.2, -0.15) is 4.98 Å². The van der Waals surface area contributed by atoms with E-state index in [2.05, 4.69) is 32.8 Å². The number of halogens is 3. The van der Waals surface area contributed by atoms with E-state index in [4.69, 9.17) is 32.9 Å². The Morgan fingerprint density at radius 2 is 1.97 bits per heavy atom. The Hall–Kier alpha value is -2.15. The van der Waals surface area contributed by atoms with Crippen LogP contribution in [0.15, 0.2) is 53.3 Å². The third-order valence-electron chi connectivity index (χ3n) is 5.20. The van der Waals surface area contributed by atoms with E-state index in [-0.39, 0.29) is 5.60 Å². The highest BCUT2D eigenvalue weighted by atomic mass is 79.9.